The Morgan fingerprint density at radius 3 is 2.32 bits per heavy atom. The van der Waals surface area contributed by atoms with Crippen LogP contribution in [0.4, 0.5) is 5.69 Å². The van der Waals surface area contributed by atoms with Crippen LogP contribution in [0.3, 0.4) is 0 Å². The Hall–Kier alpha value is -3.54. The molecule has 0 spiro atoms. The van der Waals surface area contributed by atoms with E-state index in [0.717, 1.165) is 22.5 Å². The summed E-state index contributed by atoms with van der Waals surface area (Å²) in [6.45, 7) is 6.61. The number of aromatic nitrogens is 2. The smallest absolute Gasteiger partial charge is 0.269 e. The number of nitro groups is 1. The molecular formula is C22H21N3O3. The van der Waals surface area contributed by atoms with Crippen molar-refractivity contribution in [2.75, 3.05) is 0 Å². The Morgan fingerprint density at radius 1 is 1.07 bits per heavy atom. The molecule has 0 amide bonds. The first-order valence-corrected chi connectivity index (χ1v) is 8.91. The number of carbonyl (C=O) groups excluding carboxylic acids is 1. The topological polar surface area (TPSA) is 78.0 Å². The minimum atomic E-state index is -0.487. The van der Waals surface area contributed by atoms with Gasteiger partial charge in [0.1, 0.15) is 0 Å². The van der Waals surface area contributed by atoms with E-state index >= 15 is 0 Å². The number of carbonyl (C=O) groups is 1. The lowest BCUT2D eigenvalue weighted by atomic mass is 10.1. The number of hydrogen-bond donors (Lipinski definition) is 0. The van der Waals surface area contributed by atoms with E-state index in [-0.39, 0.29) is 11.5 Å². The summed E-state index contributed by atoms with van der Waals surface area (Å²) < 4.78 is 1.93. The van der Waals surface area contributed by atoms with Gasteiger partial charge in [0.2, 0.25) is 0 Å². The van der Waals surface area contributed by atoms with Crippen molar-refractivity contribution in [1.82, 2.24) is 9.78 Å². The summed E-state index contributed by atoms with van der Waals surface area (Å²) in [7, 11) is 0. The van der Waals surface area contributed by atoms with E-state index in [1.807, 2.05) is 18.5 Å². The fourth-order valence-corrected chi connectivity index (χ4v) is 2.98. The Morgan fingerprint density at radius 2 is 1.71 bits per heavy atom. The Bertz CT molecular complexity index is 1050. The monoisotopic (exact) mass is 375 g/mol. The molecule has 0 fully saturated rings. The van der Waals surface area contributed by atoms with E-state index < -0.39 is 4.92 Å². The predicted octanol–water partition coefficient (Wildman–Crippen LogP) is 4.66. The van der Waals surface area contributed by atoms with Gasteiger partial charge in [-0.2, -0.15) is 5.10 Å². The summed E-state index contributed by atoms with van der Waals surface area (Å²) in [5.74, 6) is -0.208. The van der Waals surface area contributed by atoms with E-state index in [4.69, 9.17) is 0 Å². The maximum atomic E-state index is 12.4. The first kappa shape index (κ1) is 19.2. The zero-order valence-electron chi connectivity index (χ0n) is 16.0. The van der Waals surface area contributed by atoms with Crippen LogP contribution in [0.2, 0.25) is 0 Å². The van der Waals surface area contributed by atoms with Gasteiger partial charge in [0.25, 0.3) is 5.69 Å². The molecule has 0 bridgehead atoms. The molecule has 0 aliphatic heterocycles. The van der Waals surface area contributed by atoms with E-state index in [0.29, 0.717) is 12.1 Å². The highest BCUT2D eigenvalue weighted by Crippen LogP contribution is 2.18. The molecule has 1 heterocycles. The third kappa shape index (κ3) is 4.23. The van der Waals surface area contributed by atoms with Gasteiger partial charge in [-0.25, -0.2) is 0 Å². The molecular weight excluding hydrogens is 354 g/mol. The molecule has 2 aromatic carbocycles. The lowest BCUT2D eigenvalue weighted by Crippen LogP contribution is -2.04. The molecule has 6 heteroatoms. The second kappa shape index (κ2) is 8.00. The molecule has 0 aliphatic rings. The van der Waals surface area contributed by atoms with Crippen LogP contribution >= 0.6 is 0 Å². The number of nitro benzene ring substituents is 1. The molecule has 28 heavy (non-hydrogen) atoms. The van der Waals surface area contributed by atoms with Crippen molar-refractivity contribution in [3.05, 3.63) is 98.4 Å². The number of non-ortho nitro benzene ring substituents is 1. The molecule has 0 unspecified atom stereocenters. The highest BCUT2D eigenvalue weighted by Gasteiger charge is 2.11. The largest absolute Gasteiger partial charge is 0.289 e. The third-order valence-electron chi connectivity index (χ3n) is 4.65. The summed E-state index contributed by atoms with van der Waals surface area (Å²) in [6.07, 6.45) is 3.24. The van der Waals surface area contributed by atoms with E-state index in [1.165, 1.54) is 35.9 Å². The highest BCUT2D eigenvalue weighted by atomic mass is 16.6. The quantitative estimate of drug-likeness (QED) is 0.272. The van der Waals surface area contributed by atoms with Crippen molar-refractivity contribution in [2.45, 2.75) is 27.3 Å². The number of allylic oxidation sites excluding steroid dienone is 1. The Kier molecular flexibility index (Phi) is 5.49. The summed E-state index contributed by atoms with van der Waals surface area (Å²) in [6, 6.07) is 13.9. The molecule has 0 saturated heterocycles. The number of benzene rings is 2. The van der Waals surface area contributed by atoms with Crippen LogP contribution < -0.4 is 0 Å². The number of aryl methyl sites for hydroxylation is 2. The zero-order chi connectivity index (χ0) is 20.3. The standard InChI is InChI=1S/C22H21N3O3/c1-15-4-6-18(7-5-15)14-24-17(3)21(16(2)23-24)12-13-22(26)19-8-10-20(11-9-19)25(27)28/h4-13H,14H2,1-3H3/b13-12+. The van der Waals surface area contributed by atoms with Gasteiger partial charge in [-0.15, -0.1) is 0 Å². The van der Waals surface area contributed by atoms with Crippen molar-refractivity contribution < 1.29 is 9.72 Å². The van der Waals surface area contributed by atoms with Crippen molar-refractivity contribution in [3.8, 4) is 0 Å². The molecule has 3 rings (SSSR count). The summed E-state index contributed by atoms with van der Waals surface area (Å²) in [5.41, 5.74) is 5.47. The van der Waals surface area contributed by atoms with Gasteiger partial charge in [-0.05, 0) is 50.6 Å². The zero-order valence-corrected chi connectivity index (χ0v) is 16.0. The van der Waals surface area contributed by atoms with Gasteiger partial charge in [-0.3, -0.25) is 19.6 Å². The van der Waals surface area contributed by atoms with E-state index in [9.17, 15) is 14.9 Å². The minimum absolute atomic E-state index is 0.0374. The van der Waals surface area contributed by atoms with Crippen LogP contribution in [0.15, 0.2) is 54.6 Å². The fraction of sp³-hybridized carbons (Fsp3) is 0.182. The van der Waals surface area contributed by atoms with Crippen LogP contribution in [0, 0.1) is 30.9 Å². The average Bonchev–Trinajstić information content (AvgIpc) is 2.94. The number of nitrogens with zero attached hydrogens (tertiary/aromatic N) is 3. The maximum Gasteiger partial charge on any atom is 0.269 e. The number of ketones is 1. The first-order chi connectivity index (χ1) is 13.3. The van der Waals surface area contributed by atoms with Crippen LogP contribution in [0.1, 0.15) is 38.4 Å². The van der Waals surface area contributed by atoms with Gasteiger partial charge in [0.15, 0.2) is 5.78 Å². The van der Waals surface area contributed by atoms with Crippen molar-refractivity contribution in [2.24, 2.45) is 0 Å². The molecule has 6 nitrogen and oxygen atoms in total. The molecule has 0 aliphatic carbocycles. The van der Waals surface area contributed by atoms with Gasteiger partial charge in [0, 0.05) is 29.0 Å². The molecule has 0 N–H and O–H groups in total. The van der Waals surface area contributed by atoms with Gasteiger partial charge >= 0.3 is 0 Å². The average molecular weight is 375 g/mol. The van der Waals surface area contributed by atoms with Gasteiger partial charge in [0.05, 0.1) is 17.2 Å². The SMILES string of the molecule is Cc1ccc(Cn2nc(C)c(/C=C/C(=O)c3ccc([N+](=O)[O-])cc3)c2C)cc1. The Balaban J connectivity index is 1.78. The second-order valence-corrected chi connectivity index (χ2v) is 6.73. The van der Waals surface area contributed by atoms with Gasteiger partial charge < -0.3 is 0 Å². The second-order valence-electron chi connectivity index (χ2n) is 6.73. The molecule has 3 aromatic rings. The van der Waals surface area contributed by atoms with Crippen LogP contribution in [0.25, 0.3) is 6.08 Å². The molecule has 142 valence electrons. The van der Waals surface area contributed by atoms with E-state index in [2.05, 4.69) is 36.3 Å². The van der Waals surface area contributed by atoms with Crippen LogP contribution in [-0.2, 0) is 6.54 Å². The normalized spacial score (nSPS) is 11.1. The lowest BCUT2D eigenvalue weighted by molar-refractivity contribution is -0.384. The molecule has 0 saturated carbocycles. The predicted molar refractivity (Wildman–Crippen MR) is 108 cm³/mol. The lowest BCUT2D eigenvalue weighted by Gasteiger charge is -2.05. The Labute approximate surface area is 163 Å². The third-order valence-corrected chi connectivity index (χ3v) is 4.65. The first-order valence-electron chi connectivity index (χ1n) is 8.91. The van der Waals surface area contributed by atoms with Crippen molar-refractivity contribution >= 4 is 17.5 Å². The number of rotatable bonds is 6. The minimum Gasteiger partial charge on any atom is -0.289 e. The van der Waals surface area contributed by atoms with Crippen molar-refractivity contribution in [1.29, 1.82) is 0 Å². The number of hydrogen-bond acceptors (Lipinski definition) is 4. The van der Waals surface area contributed by atoms with Gasteiger partial charge in [-0.1, -0.05) is 29.8 Å². The molecule has 1 aromatic heterocycles. The fourth-order valence-electron chi connectivity index (χ4n) is 2.98. The van der Waals surface area contributed by atoms with Crippen LogP contribution in [-0.4, -0.2) is 20.5 Å². The molecule has 0 radical (unpaired) electrons. The van der Waals surface area contributed by atoms with Crippen LogP contribution in [0.5, 0.6) is 0 Å². The highest BCUT2D eigenvalue weighted by molar-refractivity contribution is 6.07. The van der Waals surface area contributed by atoms with E-state index in [1.54, 1.807) is 6.08 Å². The summed E-state index contributed by atoms with van der Waals surface area (Å²) in [4.78, 5) is 22.6. The summed E-state index contributed by atoms with van der Waals surface area (Å²) >= 11 is 0. The molecule has 0 atom stereocenters. The van der Waals surface area contributed by atoms with Crippen molar-refractivity contribution in [3.63, 3.8) is 0 Å². The maximum absolute atomic E-state index is 12.4. The summed E-state index contributed by atoms with van der Waals surface area (Å²) in [5, 5.41) is 15.3.